The van der Waals surface area contributed by atoms with Gasteiger partial charge in [0, 0.05) is 11.9 Å². The topological polar surface area (TPSA) is 23.5 Å². The van der Waals surface area contributed by atoms with Crippen molar-refractivity contribution in [1.82, 2.24) is 4.90 Å². The first-order chi connectivity index (χ1) is 7.38. The van der Waals surface area contributed by atoms with Gasteiger partial charge in [-0.15, -0.1) is 11.6 Å². The van der Waals surface area contributed by atoms with Crippen LogP contribution in [0.1, 0.15) is 44.9 Å². The fraction of sp³-hybridized carbons (Fsp3) is 1.00. The zero-order chi connectivity index (χ0) is 10.9. The Morgan fingerprint density at radius 3 is 2.73 bits per heavy atom. The smallest absolute Gasteiger partial charge is 0.0586 e. The minimum Gasteiger partial charge on any atom is -0.395 e. The van der Waals surface area contributed by atoms with Crippen LogP contribution in [0.4, 0.5) is 0 Å². The van der Waals surface area contributed by atoms with Gasteiger partial charge >= 0.3 is 0 Å². The fourth-order valence-electron chi connectivity index (χ4n) is 2.32. The van der Waals surface area contributed by atoms with Crippen molar-refractivity contribution < 1.29 is 5.11 Å². The zero-order valence-electron chi connectivity index (χ0n) is 9.63. The highest BCUT2D eigenvalue weighted by Gasteiger charge is 2.19. The lowest BCUT2D eigenvalue weighted by atomic mass is 10.1. The predicted molar refractivity (Wildman–Crippen MR) is 65.5 cm³/mol. The highest BCUT2D eigenvalue weighted by molar-refractivity contribution is 6.17. The van der Waals surface area contributed by atoms with Crippen LogP contribution in [0.25, 0.3) is 0 Å². The van der Waals surface area contributed by atoms with E-state index in [1.165, 1.54) is 45.1 Å². The molecule has 0 bridgehead atoms. The standard InChI is InChI=1S/C12H24ClNO/c13-8-4-2-6-10-14-9-5-1-3-7-12(14)11-15/h12,15H,1-11H2. The molecule has 0 amide bonds. The second-order valence-corrected chi connectivity index (χ2v) is 4.85. The number of rotatable bonds is 6. The number of likely N-dealkylation sites (tertiary alicyclic amines) is 1. The molecule has 0 radical (unpaired) electrons. The van der Waals surface area contributed by atoms with Gasteiger partial charge in [0.25, 0.3) is 0 Å². The molecule has 15 heavy (non-hydrogen) atoms. The monoisotopic (exact) mass is 233 g/mol. The minimum atomic E-state index is 0.329. The molecule has 0 aromatic carbocycles. The molecule has 1 rings (SSSR count). The van der Waals surface area contributed by atoms with Gasteiger partial charge in [0.2, 0.25) is 0 Å². The van der Waals surface area contributed by atoms with Gasteiger partial charge in [0.1, 0.15) is 0 Å². The van der Waals surface area contributed by atoms with Crippen LogP contribution < -0.4 is 0 Å². The summed E-state index contributed by atoms with van der Waals surface area (Å²) in [6.07, 6.45) is 8.65. The first kappa shape index (κ1) is 13.3. The van der Waals surface area contributed by atoms with Crippen molar-refractivity contribution in [3.05, 3.63) is 0 Å². The summed E-state index contributed by atoms with van der Waals surface area (Å²) in [4.78, 5) is 2.47. The van der Waals surface area contributed by atoms with Crippen LogP contribution in [0.2, 0.25) is 0 Å². The van der Waals surface area contributed by atoms with Crippen molar-refractivity contribution in [2.24, 2.45) is 0 Å². The molecule has 1 heterocycles. The third-order valence-corrected chi connectivity index (χ3v) is 3.56. The average molecular weight is 234 g/mol. The number of unbranched alkanes of at least 4 members (excludes halogenated alkanes) is 2. The van der Waals surface area contributed by atoms with E-state index in [4.69, 9.17) is 11.6 Å². The molecule has 1 fully saturated rings. The van der Waals surface area contributed by atoms with E-state index in [1.807, 2.05) is 0 Å². The lowest BCUT2D eigenvalue weighted by molar-refractivity contribution is 0.123. The predicted octanol–water partition coefficient (Wildman–Crippen LogP) is 2.63. The molecule has 2 nitrogen and oxygen atoms in total. The summed E-state index contributed by atoms with van der Waals surface area (Å²) < 4.78 is 0. The molecule has 3 heteroatoms. The van der Waals surface area contributed by atoms with Gasteiger partial charge in [-0.2, -0.15) is 0 Å². The molecule has 0 saturated carbocycles. The van der Waals surface area contributed by atoms with Crippen LogP contribution >= 0.6 is 11.6 Å². The van der Waals surface area contributed by atoms with Gasteiger partial charge in [-0.1, -0.05) is 19.3 Å². The van der Waals surface area contributed by atoms with Crippen molar-refractivity contribution in [2.45, 2.75) is 51.0 Å². The van der Waals surface area contributed by atoms with Crippen molar-refractivity contribution >= 4 is 11.6 Å². The molecule has 0 aliphatic carbocycles. The fourth-order valence-corrected chi connectivity index (χ4v) is 2.51. The first-order valence-corrected chi connectivity index (χ1v) is 6.83. The number of aliphatic hydroxyl groups excluding tert-OH is 1. The minimum absolute atomic E-state index is 0.329. The molecular weight excluding hydrogens is 210 g/mol. The lowest BCUT2D eigenvalue weighted by Gasteiger charge is -2.28. The highest BCUT2D eigenvalue weighted by Crippen LogP contribution is 2.17. The largest absolute Gasteiger partial charge is 0.395 e. The second kappa shape index (κ2) is 8.37. The molecule has 1 aliphatic rings. The van der Waals surface area contributed by atoms with E-state index in [0.717, 1.165) is 18.8 Å². The van der Waals surface area contributed by atoms with Gasteiger partial charge in [0.05, 0.1) is 6.61 Å². The second-order valence-electron chi connectivity index (χ2n) is 4.47. The summed E-state index contributed by atoms with van der Waals surface area (Å²) >= 11 is 5.65. The Hall–Kier alpha value is 0.210. The van der Waals surface area contributed by atoms with Crippen molar-refractivity contribution in [2.75, 3.05) is 25.6 Å². The number of alkyl halides is 1. The Kier molecular flexibility index (Phi) is 7.41. The molecule has 0 aromatic heterocycles. The summed E-state index contributed by atoms with van der Waals surface area (Å²) in [7, 11) is 0. The van der Waals surface area contributed by atoms with E-state index in [-0.39, 0.29) is 0 Å². The van der Waals surface area contributed by atoms with Gasteiger partial charge in [-0.05, 0) is 38.8 Å². The zero-order valence-corrected chi connectivity index (χ0v) is 10.4. The number of halogens is 1. The lowest BCUT2D eigenvalue weighted by Crippen LogP contribution is -2.38. The van der Waals surface area contributed by atoms with Crippen molar-refractivity contribution in [3.63, 3.8) is 0 Å². The van der Waals surface area contributed by atoms with Crippen molar-refractivity contribution in [1.29, 1.82) is 0 Å². The number of aliphatic hydroxyl groups is 1. The Balaban J connectivity index is 2.22. The molecule has 1 N–H and O–H groups in total. The Morgan fingerprint density at radius 2 is 2.00 bits per heavy atom. The summed E-state index contributed by atoms with van der Waals surface area (Å²) in [5, 5.41) is 9.33. The van der Waals surface area contributed by atoms with Crippen LogP contribution in [0.15, 0.2) is 0 Å². The molecule has 90 valence electrons. The summed E-state index contributed by atoms with van der Waals surface area (Å²) in [6.45, 7) is 2.64. The number of hydrogen-bond donors (Lipinski definition) is 1. The molecule has 0 aromatic rings. The van der Waals surface area contributed by atoms with E-state index < -0.39 is 0 Å². The van der Waals surface area contributed by atoms with Gasteiger partial charge in [0.15, 0.2) is 0 Å². The molecule has 0 spiro atoms. The summed E-state index contributed by atoms with van der Waals surface area (Å²) in [5.74, 6) is 0.781. The third kappa shape index (κ3) is 5.19. The summed E-state index contributed by atoms with van der Waals surface area (Å²) in [6, 6.07) is 0.420. The Labute approximate surface area is 98.6 Å². The SMILES string of the molecule is OCC1CCCCCN1CCCCCCl. The number of nitrogens with zero attached hydrogens (tertiary/aromatic N) is 1. The van der Waals surface area contributed by atoms with Crippen LogP contribution in [-0.2, 0) is 0 Å². The molecule has 1 aliphatic heterocycles. The summed E-state index contributed by atoms with van der Waals surface area (Å²) in [5.41, 5.74) is 0. The van der Waals surface area contributed by atoms with E-state index in [1.54, 1.807) is 0 Å². The maximum absolute atomic E-state index is 9.33. The first-order valence-electron chi connectivity index (χ1n) is 6.29. The molecule has 1 saturated heterocycles. The highest BCUT2D eigenvalue weighted by atomic mass is 35.5. The molecular formula is C12H24ClNO. The van der Waals surface area contributed by atoms with E-state index in [2.05, 4.69) is 4.90 Å². The Morgan fingerprint density at radius 1 is 1.13 bits per heavy atom. The molecule has 1 atom stereocenters. The van der Waals surface area contributed by atoms with E-state index in [0.29, 0.717) is 12.6 Å². The van der Waals surface area contributed by atoms with Gasteiger partial charge < -0.3 is 5.11 Å². The normalized spacial score (nSPS) is 24.0. The third-order valence-electron chi connectivity index (χ3n) is 3.29. The van der Waals surface area contributed by atoms with Crippen LogP contribution in [0.5, 0.6) is 0 Å². The van der Waals surface area contributed by atoms with Gasteiger partial charge in [-0.25, -0.2) is 0 Å². The average Bonchev–Trinajstić information content (AvgIpc) is 2.49. The number of hydrogen-bond acceptors (Lipinski definition) is 2. The van der Waals surface area contributed by atoms with Crippen molar-refractivity contribution in [3.8, 4) is 0 Å². The van der Waals surface area contributed by atoms with Gasteiger partial charge in [-0.3, -0.25) is 4.90 Å². The maximum atomic E-state index is 9.33. The van der Waals surface area contributed by atoms with Crippen LogP contribution in [0, 0.1) is 0 Å². The van der Waals surface area contributed by atoms with Crippen LogP contribution in [0.3, 0.4) is 0 Å². The van der Waals surface area contributed by atoms with E-state index >= 15 is 0 Å². The van der Waals surface area contributed by atoms with Crippen LogP contribution in [-0.4, -0.2) is 41.6 Å². The molecule has 1 unspecified atom stereocenters. The Bertz CT molecular complexity index is 155. The maximum Gasteiger partial charge on any atom is 0.0586 e. The van der Waals surface area contributed by atoms with E-state index in [9.17, 15) is 5.11 Å². The quantitative estimate of drug-likeness (QED) is 0.563.